The van der Waals surface area contributed by atoms with Gasteiger partial charge in [0.1, 0.15) is 0 Å². The maximum Gasteiger partial charge on any atom is 0.336 e. The third-order valence-corrected chi connectivity index (χ3v) is 4.01. The number of carbonyl (C=O) groups is 1. The van der Waals surface area contributed by atoms with Gasteiger partial charge in [0.25, 0.3) is 0 Å². The highest BCUT2D eigenvalue weighted by molar-refractivity contribution is 6.07. The molecular weight excluding hydrogens is 262 g/mol. The maximum atomic E-state index is 11.3. The van der Waals surface area contributed by atoms with E-state index in [1.54, 1.807) is 6.07 Å². The van der Waals surface area contributed by atoms with Gasteiger partial charge >= 0.3 is 5.97 Å². The Kier molecular flexibility index (Phi) is 4.84. The van der Waals surface area contributed by atoms with Gasteiger partial charge in [0.2, 0.25) is 0 Å². The van der Waals surface area contributed by atoms with Gasteiger partial charge in [-0.3, -0.25) is 0 Å². The smallest absolute Gasteiger partial charge is 0.336 e. The topological polar surface area (TPSA) is 49.3 Å². The fourth-order valence-electron chi connectivity index (χ4n) is 2.71. The number of benzene rings is 2. The van der Waals surface area contributed by atoms with Gasteiger partial charge in [-0.2, -0.15) is 0 Å². The molecule has 0 amide bonds. The zero-order valence-electron chi connectivity index (χ0n) is 12.9. The van der Waals surface area contributed by atoms with Gasteiger partial charge in [-0.15, -0.1) is 0 Å². The van der Waals surface area contributed by atoms with Crippen LogP contribution in [-0.2, 0) is 0 Å². The Bertz CT molecular complexity index is 636. The van der Waals surface area contributed by atoms with Crippen molar-refractivity contribution < 1.29 is 9.90 Å². The van der Waals surface area contributed by atoms with Crippen LogP contribution in [0.15, 0.2) is 36.4 Å². The predicted molar refractivity (Wildman–Crippen MR) is 88.1 cm³/mol. The van der Waals surface area contributed by atoms with Gasteiger partial charge in [-0.25, -0.2) is 4.79 Å². The van der Waals surface area contributed by atoms with Crippen molar-refractivity contribution in [1.82, 2.24) is 0 Å². The van der Waals surface area contributed by atoms with Crippen molar-refractivity contribution in [3.8, 4) is 0 Å². The van der Waals surface area contributed by atoms with Crippen LogP contribution < -0.4 is 5.32 Å². The molecule has 2 unspecified atom stereocenters. The van der Waals surface area contributed by atoms with Crippen LogP contribution in [0.2, 0.25) is 0 Å². The van der Waals surface area contributed by atoms with Crippen LogP contribution in [0.25, 0.3) is 10.8 Å². The molecule has 3 nitrogen and oxygen atoms in total. The average molecular weight is 285 g/mol. The molecule has 0 fully saturated rings. The first-order valence-corrected chi connectivity index (χ1v) is 7.54. The van der Waals surface area contributed by atoms with E-state index in [2.05, 4.69) is 26.1 Å². The van der Waals surface area contributed by atoms with Crippen molar-refractivity contribution in [2.75, 3.05) is 5.32 Å². The van der Waals surface area contributed by atoms with E-state index in [-0.39, 0.29) is 0 Å². The van der Waals surface area contributed by atoms with Crippen molar-refractivity contribution in [1.29, 1.82) is 0 Å². The summed E-state index contributed by atoms with van der Waals surface area (Å²) in [5.74, 6) is -0.206. The number of hydrogen-bond acceptors (Lipinski definition) is 2. The van der Waals surface area contributed by atoms with Crippen LogP contribution >= 0.6 is 0 Å². The van der Waals surface area contributed by atoms with Crippen LogP contribution in [-0.4, -0.2) is 17.1 Å². The van der Waals surface area contributed by atoms with Crippen molar-refractivity contribution in [3.05, 3.63) is 42.0 Å². The molecule has 0 aliphatic rings. The molecule has 0 aromatic heterocycles. The number of rotatable bonds is 6. The molecule has 112 valence electrons. The number of aromatic carboxylic acids is 1. The second kappa shape index (κ2) is 6.61. The molecule has 0 saturated heterocycles. The third kappa shape index (κ3) is 3.54. The van der Waals surface area contributed by atoms with E-state index in [0.717, 1.165) is 22.9 Å². The normalized spacial score (nSPS) is 13.9. The monoisotopic (exact) mass is 285 g/mol. The summed E-state index contributed by atoms with van der Waals surface area (Å²) in [6, 6.07) is 11.6. The molecule has 0 aliphatic carbocycles. The van der Waals surface area contributed by atoms with Crippen LogP contribution in [0.5, 0.6) is 0 Å². The Morgan fingerprint density at radius 3 is 2.43 bits per heavy atom. The summed E-state index contributed by atoms with van der Waals surface area (Å²) in [6.07, 6.45) is 2.27. The second-order valence-electron chi connectivity index (χ2n) is 5.81. The number of carboxylic acids is 1. The first-order valence-electron chi connectivity index (χ1n) is 7.54. The molecule has 3 heteroatoms. The molecule has 21 heavy (non-hydrogen) atoms. The molecule has 0 spiro atoms. The fraction of sp³-hybridized carbons (Fsp3) is 0.389. The standard InChI is InChI=1S/C18H23NO2/c1-4-12(2)11-13(3)19-17-10-9-16(18(20)21)14-7-5-6-8-15(14)17/h5-10,12-13,19H,4,11H2,1-3H3,(H,20,21). The minimum absolute atomic E-state index is 0.353. The number of fused-ring (bicyclic) bond motifs is 1. The van der Waals surface area contributed by atoms with Gasteiger partial charge in [-0.1, -0.05) is 44.5 Å². The Labute approximate surface area is 126 Å². The Balaban J connectivity index is 2.33. The lowest BCUT2D eigenvalue weighted by Crippen LogP contribution is -2.18. The summed E-state index contributed by atoms with van der Waals surface area (Å²) >= 11 is 0. The van der Waals surface area contributed by atoms with Crippen molar-refractivity contribution in [2.45, 2.75) is 39.7 Å². The molecule has 2 N–H and O–H groups in total. The highest BCUT2D eigenvalue weighted by Gasteiger charge is 2.13. The van der Waals surface area contributed by atoms with Gasteiger partial charge < -0.3 is 10.4 Å². The number of nitrogens with one attached hydrogen (secondary N) is 1. The van der Waals surface area contributed by atoms with Crippen molar-refractivity contribution in [2.24, 2.45) is 5.92 Å². The molecule has 0 aliphatic heterocycles. The molecule has 2 aromatic carbocycles. The predicted octanol–water partition coefficient (Wildman–Crippen LogP) is 4.77. The Morgan fingerprint density at radius 1 is 1.14 bits per heavy atom. The van der Waals surface area contributed by atoms with E-state index in [0.29, 0.717) is 17.5 Å². The average Bonchev–Trinajstić information content (AvgIpc) is 2.47. The number of anilines is 1. The summed E-state index contributed by atoms with van der Waals surface area (Å²) < 4.78 is 0. The van der Waals surface area contributed by atoms with Gasteiger partial charge in [0, 0.05) is 17.1 Å². The molecule has 2 aromatic rings. The van der Waals surface area contributed by atoms with Crippen LogP contribution in [0.4, 0.5) is 5.69 Å². The zero-order valence-corrected chi connectivity index (χ0v) is 12.9. The summed E-state index contributed by atoms with van der Waals surface area (Å²) in [4.78, 5) is 11.3. The lowest BCUT2D eigenvalue weighted by Gasteiger charge is -2.20. The molecule has 2 rings (SSSR count). The number of hydrogen-bond donors (Lipinski definition) is 2. The minimum Gasteiger partial charge on any atom is -0.478 e. The van der Waals surface area contributed by atoms with Crippen LogP contribution in [0, 0.1) is 5.92 Å². The SMILES string of the molecule is CCC(C)CC(C)Nc1ccc(C(=O)O)c2ccccc12. The van der Waals surface area contributed by atoms with E-state index in [9.17, 15) is 9.90 Å². The van der Waals surface area contributed by atoms with Crippen molar-refractivity contribution >= 4 is 22.4 Å². The first-order chi connectivity index (χ1) is 10.0. The summed E-state index contributed by atoms with van der Waals surface area (Å²) in [7, 11) is 0. The lowest BCUT2D eigenvalue weighted by molar-refractivity contribution is 0.0699. The summed E-state index contributed by atoms with van der Waals surface area (Å²) in [6.45, 7) is 6.63. The van der Waals surface area contributed by atoms with E-state index < -0.39 is 5.97 Å². The first kappa shape index (κ1) is 15.4. The fourth-order valence-corrected chi connectivity index (χ4v) is 2.71. The summed E-state index contributed by atoms with van der Waals surface area (Å²) in [5.41, 5.74) is 1.36. The molecule has 0 saturated carbocycles. The van der Waals surface area contributed by atoms with E-state index >= 15 is 0 Å². The Morgan fingerprint density at radius 2 is 1.81 bits per heavy atom. The quantitative estimate of drug-likeness (QED) is 0.803. The zero-order chi connectivity index (χ0) is 15.4. The molecule has 0 heterocycles. The molecule has 0 bridgehead atoms. The highest BCUT2D eigenvalue weighted by Crippen LogP contribution is 2.28. The third-order valence-electron chi connectivity index (χ3n) is 4.01. The molecule has 2 atom stereocenters. The molecular formula is C18H23NO2. The van der Waals surface area contributed by atoms with E-state index in [1.807, 2.05) is 30.3 Å². The van der Waals surface area contributed by atoms with Gasteiger partial charge in [-0.05, 0) is 36.8 Å². The minimum atomic E-state index is -0.884. The van der Waals surface area contributed by atoms with E-state index in [1.165, 1.54) is 6.42 Å². The largest absolute Gasteiger partial charge is 0.478 e. The lowest BCUT2D eigenvalue weighted by atomic mass is 9.99. The van der Waals surface area contributed by atoms with Crippen LogP contribution in [0.3, 0.4) is 0 Å². The summed E-state index contributed by atoms with van der Waals surface area (Å²) in [5, 5.41) is 14.6. The number of carboxylic acid groups (broad SMARTS) is 1. The highest BCUT2D eigenvalue weighted by atomic mass is 16.4. The van der Waals surface area contributed by atoms with E-state index in [4.69, 9.17) is 0 Å². The Hall–Kier alpha value is -2.03. The van der Waals surface area contributed by atoms with Gasteiger partial charge in [0.05, 0.1) is 5.56 Å². The maximum absolute atomic E-state index is 11.3. The molecule has 0 radical (unpaired) electrons. The van der Waals surface area contributed by atoms with Crippen LogP contribution in [0.1, 0.15) is 44.0 Å². The van der Waals surface area contributed by atoms with Crippen molar-refractivity contribution in [3.63, 3.8) is 0 Å². The second-order valence-corrected chi connectivity index (χ2v) is 5.81. The van der Waals surface area contributed by atoms with Gasteiger partial charge in [0.15, 0.2) is 0 Å².